The number of hydrogen-bond acceptors (Lipinski definition) is 4. The summed E-state index contributed by atoms with van der Waals surface area (Å²) in [5.74, 6) is 5.57. The van der Waals surface area contributed by atoms with Crippen molar-refractivity contribution in [3.8, 4) is 11.8 Å². The molecule has 1 aromatic heterocycles. The highest BCUT2D eigenvalue weighted by Gasteiger charge is 2.03. The smallest absolute Gasteiger partial charge is 0.287 e. The van der Waals surface area contributed by atoms with Gasteiger partial charge in [0, 0.05) is 6.07 Å². The molecule has 1 aromatic rings. The van der Waals surface area contributed by atoms with Crippen LogP contribution in [0, 0.1) is 22.0 Å². The lowest BCUT2D eigenvalue weighted by atomic mass is 10.3. The number of pyridine rings is 1. The minimum atomic E-state index is -0.488. The SMILES string of the molecule is CNCC#Cc1ccc([N+](=O)[O-])cn1. The van der Waals surface area contributed by atoms with Crippen LogP contribution in [0.5, 0.6) is 0 Å². The Labute approximate surface area is 81.3 Å². The summed E-state index contributed by atoms with van der Waals surface area (Å²) in [5, 5.41) is 13.2. The Kier molecular flexibility index (Phi) is 3.58. The highest BCUT2D eigenvalue weighted by Crippen LogP contribution is 2.07. The van der Waals surface area contributed by atoms with Gasteiger partial charge in [-0.1, -0.05) is 5.92 Å². The quantitative estimate of drug-likeness (QED) is 0.421. The first-order chi connectivity index (χ1) is 6.74. The van der Waals surface area contributed by atoms with Gasteiger partial charge in [-0.25, -0.2) is 4.98 Å². The van der Waals surface area contributed by atoms with Crippen LogP contribution in [0.1, 0.15) is 5.69 Å². The van der Waals surface area contributed by atoms with E-state index in [1.54, 1.807) is 7.05 Å². The number of nitrogens with zero attached hydrogens (tertiary/aromatic N) is 2. The topological polar surface area (TPSA) is 68.1 Å². The molecule has 14 heavy (non-hydrogen) atoms. The van der Waals surface area contributed by atoms with E-state index in [4.69, 9.17) is 0 Å². The van der Waals surface area contributed by atoms with Gasteiger partial charge in [0.05, 0.1) is 11.5 Å². The molecule has 0 radical (unpaired) electrons. The lowest BCUT2D eigenvalue weighted by molar-refractivity contribution is -0.385. The van der Waals surface area contributed by atoms with Crippen molar-refractivity contribution >= 4 is 5.69 Å². The highest BCUT2D eigenvalue weighted by atomic mass is 16.6. The Morgan fingerprint density at radius 3 is 2.93 bits per heavy atom. The summed E-state index contributed by atoms with van der Waals surface area (Å²) >= 11 is 0. The van der Waals surface area contributed by atoms with Gasteiger partial charge in [0.1, 0.15) is 11.9 Å². The first-order valence-corrected chi connectivity index (χ1v) is 3.98. The molecule has 1 N–H and O–H groups in total. The average molecular weight is 191 g/mol. The van der Waals surface area contributed by atoms with E-state index in [2.05, 4.69) is 22.1 Å². The van der Waals surface area contributed by atoms with Gasteiger partial charge < -0.3 is 5.32 Å². The molecule has 0 saturated carbocycles. The summed E-state index contributed by atoms with van der Waals surface area (Å²) in [6, 6.07) is 2.91. The predicted molar refractivity (Wildman–Crippen MR) is 51.7 cm³/mol. The van der Waals surface area contributed by atoms with Gasteiger partial charge in [-0.3, -0.25) is 10.1 Å². The molecular formula is C9H9N3O2. The summed E-state index contributed by atoms with van der Waals surface area (Å²) in [4.78, 5) is 13.6. The molecule has 0 bridgehead atoms. The second-order valence-corrected chi connectivity index (χ2v) is 2.49. The van der Waals surface area contributed by atoms with Gasteiger partial charge in [0.2, 0.25) is 0 Å². The van der Waals surface area contributed by atoms with Crippen LogP contribution in [0.2, 0.25) is 0 Å². The van der Waals surface area contributed by atoms with E-state index < -0.39 is 4.92 Å². The number of nitrogens with one attached hydrogen (secondary N) is 1. The molecule has 0 fully saturated rings. The zero-order valence-corrected chi connectivity index (χ0v) is 7.65. The van der Waals surface area contributed by atoms with Crippen molar-refractivity contribution in [3.63, 3.8) is 0 Å². The maximum atomic E-state index is 10.3. The lowest BCUT2D eigenvalue weighted by Crippen LogP contribution is -2.04. The molecule has 72 valence electrons. The van der Waals surface area contributed by atoms with Gasteiger partial charge >= 0.3 is 0 Å². The predicted octanol–water partition coefficient (Wildman–Crippen LogP) is 0.561. The van der Waals surface area contributed by atoms with Gasteiger partial charge in [-0.05, 0) is 19.0 Å². The first-order valence-electron chi connectivity index (χ1n) is 3.98. The molecule has 0 spiro atoms. The fourth-order valence-corrected chi connectivity index (χ4v) is 0.791. The van der Waals surface area contributed by atoms with Crippen LogP contribution in [0.3, 0.4) is 0 Å². The summed E-state index contributed by atoms with van der Waals surface area (Å²) < 4.78 is 0. The van der Waals surface area contributed by atoms with Crippen LogP contribution in [0.25, 0.3) is 0 Å². The Hall–Kier alpha value is -1.93. The molecule has 0 aromatic carbocycles. The summed E-state index contributed by atoms with van der Waals surface area (Å²) in [5.41, 5.74) is 0.509. The van der Waals surface area contributed by atoms with Crippen LogP contribution in [-0.2, 0) is 0 Å². The largest absolute Gasteiger partial charge is 0.309 e. The molecule has 0 aliphatic rings. The third-order valence-electron chi connectivity index (χ3n) is 1.44. The molecule has 5 heteroatoms. The van der Waals surface area contributed by atoms with Crippen LogP contribution in [0.15, 0.2) is 18.3 Å². The minimum Gasteiger partial charge on any atom is -0.309 e. The van der Waals surface area contributed by atoms with Gasteiger partial charge in [0.25, 0.3) is 5.69 Å². The molecule has 5 nitrogen and oxygen atoms in total. The van der Waals surface area contributed by atoms with Crippen molar-refractivity contribution in [1.29, 1.82) is 0 Å². The van der Waals surface area contributed by atoms with Crippen LogP contribution in [0.4, 0.5) is 5.69 Å². The van der Waals surface area contributed by atoms with Crippen molar-refractivity contribution < 1.29 is 4.92 Å². The third kappa shape index (κ3) is 2.84. The van der Waals surface area contributed by atoms with Crippen molar-refractivity contribution in [2.75, 3.05) is 13.6 Å². The van der Waals surface area contributed by atoms with Crippen molar-refractivity contribution in [2.45, 2.75) is 0 Å². The normalized spacial score (nSPS) is 8.93. The van der Waals surface area contributed by atoms with E-state index >= 15 is 0 Å². The molecule has 0 saturated heterocycles. The second-order valence-electron chi connectivity index (χ2n) is 2.49. The van der Waals surface area contributed by atoms with E-state index in [-0.39, 0.29) is 5.69 Å². The lowest BCUT2D eigenvalue weighted by Gasteiger charge is -1.90. The number of hydrogen-bond donors (Lipinski definition) is 1. The van der Waals surface area contributed by atoms with E-state index in [0.717, 1.165) is 0 Å². The second kappa shape index (κ2) is 4.94. The molecule has 0 unspecified atom stereocenters. The zero-order valence-electron chi connectivity index (χ0n) is 7.65. The fraction of sp³-hybridized carbons (Fsp3) is 0.222. The van der Waals surface area contributed by atoms with E-state index in [1.807, 2.05) is 0 Å². The van der Waals surface area contributed by atoms with Crippen LogP contribution < -0.4 is 5.32 Å². The van der Waals surface area contributed by atoms with Crippen molar-refractivity contribution in [2.24, 2.45) is 0 Å². The molecule has 0 aliphatic carbocycles. The van der Waals surface area contributed by atoms with Gasteiger partial charge in [-0.15, -0.1) is 0 Å². The maximum Gasteiger partial charge on any atom is 0.287 e. The molecular weight excluding hydrogens is 182 g/mol. The minimum absolute atomic E-state index is 0.0239. The zero-order chi connectivity index (χ0) is 10.4. The van der Waals surface area contributed by atoms with Crippen LogP contribution in [-0.4, -0.2) is 23.5 Å². The van der Waals surface area contributed by atoms with Gasteiger partial charge in [0.15, 0.2) is 0 Å². The molecule has 0 amide bonds. The summed E-state index contributed by atoms with van der Waals surface area (Å²) in [6.07, 6.45) is 1.20. The number of rotatable bonds is 2. The number of nitro groups is 1. The standard InChI is InChI=1S/C9H9N3O2/c1-10-6-2-3-8-4-5-9(7-11-8)12(13)14/h4-5,7,10H,6H2,1H3. The Bertz CT molecular complexity index is 375. The molecule has 0 aliphatic heterocycles. The Morgan fingerprint density at radius 2 is 2.43 bits per heavy atom. The van der Waals surface area contributed by atoms with Crippen LogP contribution >= 0.6 is 0 Å². The van der Waals surface area contributed by atoms with Gasteiger partial charge in [-0.2, -0.15) is 0 Å². The average Bonchev–Trinajstić information content (AvgIpc) is 2.19. The fourth-order valence-electron chi connectivity index (χ4n) is 0.791. The Morgan fingerprint density at radius 1 is 1.64 bits per heavy atom. The third-order valence-corrected chi connectivity index (χ3v) is 1.44. The van der Waals surface area contributed by atoms with E-state index in [1.165, 1.54) is 18.3 Å². The van der Waals surface area contributed by atoms with E-state index in [0.29, 0.717) is 12.2 Å². The first kappa shape index (κ1) is 10.2. The molecule has 1 rings (SSSR count). The molecule has 0 atom stereocenters. The van der Waals surface area contributed by atoms with Crippen molar-refractivity contribution in [1.82, 2.24) is 10.3 Å². The summed E-state index contributed by atoms with van der Waals surface area (Å²) in [6.45, 7) is 0.568. The summed E-state index contributed by atoms with van der Waals surface area (Å²) in [7, 11) is 1.79. The maximum absolute atomic E-state index is 10.3. The monoisotopic (exact) mass is 191 g/mol. The van der Waals surface area contributed by atoms with E-state index in [9.17, 15) is 10.1 Å². The van der Waals surface area contributed by atoms with Crippen molar-refractivity contribution in [3.05, 3.63) is 34.1 Å². The highest BCUT2D eigenvalue weighted by molar-refractivity contribution is 5.34. The molecule has 1 heterocycles. The Balaban J connectivity index is 2.75. The number of aromatic nitrogens is 1.